The second kappa shape index (κ2) is 4.48. The van der Waals surface area contributed by atoms with Crippen molar-refractivity contribution in [1.29, 1.82) is 0 Å². The molecule has 0 saturated heterocycles. The van der Waals surface area contributed by atoms with Gasteiger partial charge in [-0.05, 0) is 48.9 Å². The van der Waals surface area contributed by atoms with E-state index in [1.54, 1.807) is 43.3 Å². The SMILES string of the molecule is Cc1cc(N)ccc1P(=O)(O)c1cccc(N)c1. The van der Waals surface area contributed by atoms with Crippen LogP contribution in [-0.4, -0.2) is 4.89 Å². The van der Waals surface area contributed by atoms with E-state index in [-0.39, 0.29) is 0 Å². The van der Waals surface area contributed by atoms with E-state index in [0.29, 0.717) is 27.5 Å². The molecule has 0 spiro atoms. The summed E-state index contributed by atoms with van der Waals surface area (Å²) in [5.41, 5.74) is 13.0. The number of nitrogen functional groups attached to an aromatic ring is 2. The smallest absolute Gasteiger partial charge is 0.259 e. The summed E-state index contributed by atoms with van der Waals surface area (Å²) in [5, 5.41) is 0.720. The average Bonchev–Trinajstić information content (AvgIpc) is 2.28. The van der Waals surface area contributed by atoms with E-state index in [1.165, 1.54) is 6.07 Å². The van der Waals surface area contributed by atoms with Crippen molar-refractivity contribution in [3.05, 3.63) is 48.0 Å². The Morgan fingerprint density at radius 3 is 2.33 bits per heavy atom. The standard InChI is InChI=1S/C13H15N2O2P/c1-9-7-11(15)5-6-13(9)18(16,17)12-4-2-3-10(14)8-12/h2-8H,14-15H2,1H3,(H,16,17). The minimum Gasteiger partial charge on any atom is -0.399 e. The van der Waals surface area contributed by atoms with E-state index < -0.39 is 7.37 Å². The van der Waals surface area contributed by atoms with Crippen LogP contribution in [0.1, 0.15) is 5.56 Å². The summed E-state index contributed by atoms with van der Waals surface area (Å²) < 4.78 is 12.6. The molecule has 18 heavy (non-hydrogen) atoms. The molecule has 2 rings (SSSR count). The lowest BCUT2D eigenvalue weighted by atomic mass is 10.2. The molecule has 0 heterocycles. The maximum Gasteiger partial charge on any atom is 0.259 e. The van der Waals surface area contributed by atoms with Gasteiger partial charge in [-0.25, -0.2) is 0 Å². The van der Waals surface area contributed by atoms with Gasteiger partial charge in [0.05, 0.1) is 0 Å². The predicted octanol–water partition coefficient (Wildman–Crippen LogP) is 1.38. The third-order valence-electron chi connectivity index (χ3n) is 2.77. The molecule has 5 N–H and O–H groups in total. The van der Waals surface area contributed by atoms with E-state index in [4.69, 9.17) is 11.5 Å². The normalized spacial score (nSPS) is 14.1. The monoisotopic (exact) mass is 262 g/mol. The highest BCUT2D eigenvalue weighted by Gasteiger charge is 2.26. The van der Waals surface area contributed by atoms with Gasteiger partial charge >= 0.3 is 0 Å². The molecule has 2 aromatic rings. The summed E-state index contributed by atoms with van der Waals surface area (Å²) in [6.07, 6.45) is 0. The molecule has 0 aliphatic carbocycles. The first-order chi connectivity index (χ1) is 8.41. The molecule has 94 valence electrons. The van der Waals surface area contributed by atoms with E-state index in [1.807, 2.05) is 0 Å². The van der Waals surface area contributed by atoms with Gasteiger partial charge in [0, 0.05) is 22.0 Å². The van der Waals surface area contributed by atoms with Gasteiger partial charge in [0.2, 0.25) is 0 Å². The first kappa shape index (κ1) is 12.7. The van der Waals surface area contributed by atoms with Crippen molar-refractivity contribution in [2.45, 2.75) is 6.92 Å². The molecule has 0 amide bonds. The fourth-order valence-corrected chi connectivity index (χ4v) is 3.58. The lowest BCUT2D eigenvalue weighted by Gasteiger charge is -2.15. The minimum atomic E-state index is -3.62. The Kier molecular flexibility index (Phi) is 3.16. The van der Waals surface area contributed by atoms with Crippen LogP contribution in [0.2, 0.25) is 0 Å². The van der Waals surface area contributed by atoms with Gasteiger partial charge in [-0.15, -0.1) is 0 Å². The van der Waals surface area contributed by atoms with Gasteiger partial charge in [0.1, 0.15) is 0 Å². The molecule has 0 radical (unpaired) electrons. The third kappa shape index (κ3) is 2.26. The molecule has 0 aliphatic heterocycles. The van der Waals surface area contributed by atoms with Crippen molar-refractivity contribution in [1.82, 2.24) is 0 Å². The van der Waals surface area contributed by atoms with Gasteiger partial charge < -0.3 is 16.4 Å². The van der Waals surface area contributed by atoms with E-state index >= 15 is 0 Å². The summed E-state index contributed by atoms with van der Waals surface area (Å²) in [7, 11) is -3.62. The van der Waals surface area contributed by atoms with Crippen molar-refractivity contribution in [2.24, 2.45) is 0 Å². The summed E-state index contributed by atoms with van der Waals surface area (Å²) in [4.78, 5) is 10.3. The summed E-state index contributed by atoms with van der Waals surface area (Å²) in [6.45, 7) is 1.76. The zero-order valence-corrected chi connectivity index (χ0v) is 10.9. The van der Waals surface area contributed by atoms with Gasteiger partial charge in [-0.3, -0.25) is 4.57 Å². The zero-order chi connectivity index (χ0) is 13.3. The summed E-state index contributed by atoms with van der Waals surface area (Å²) in [5.74, 6) is 0. The Morgan fingerprint density at radius 2 is 1.72 bits per heavy atom. The van der Waals surface area contributed by atoms with Crippen LogP contribution in [0.25, 0.3) is 0 Å². The molecule has 5 heteroatoms. The second-order valence-corrected chi connectivity index (χ2v) is 6.37. The number of hydrogen-bond acceptors (Lipinski definition) is 3. The van der Waals surface area contributed by atoms with Crippen molar-refractivity contribution >= 4 is 29.4 Å². The molecule has 0 aromatic heterocycles. The minimum absolute atomic E-state index is 0.329. The number of hydrogen-bond donors (Lipinski definition) is 3. The largest absolute Gasteiger partial charge is 0.399 e. The number of anilines is 2. The van der Waals surface area contributed by atoms with Crippen LogP contribution in [0.4, 0.5) is 11.4 Å². The molecule has 0 saturated carbocycles. The van der Waals surface area contributed by atoms with Crippen molar-refractivity contribution < 1.29 is 9.46 Å². The van der Waals surface area contributed by atoms with Crippen molar-refractivity contribution in [2.75, 3.05) is 11.5 Å². The fraction of sp³-hybridized carbons (Fsp3) is 0.0769. The lowest BCUT2D eigenvalue weighted by molar-refractivity contribution is 0.501. The molecule has 0 fully saturated rings. The van der Waals surface area contributed by atoms with Gasteiger partial charge in [0.25, 0.3) is 7.37 Å². The molecule has 0 bridgehead atoms. The Hall–Kier alpha value is -1.77. The highest BCUT2D eigenvalue weighted by Crippen LogP contribution is 2.39. The van der Waals surface area contributed by atoms with Crippen LogP contribution in [0, 0.1) is 6.92 Å². The topological polar surface area (TPSA) is 89.3 Å². The fourth-order valence-electron chi connectivity index (χ4n) is 1.87. The van der Waals surface area contributed by atoms with Gasteiger partial charge in [-0.1, -0.05) is 6.07 Å². The molecule has 2 aromatic carbocycles. The lowest BCUT2D eigenvalue weighted by Crippen LogP contribution is -2.18. The van der Waals surface area contributed by atoms with E-state index in [2.05, 4.69) is 0 Å². The molecular weight excluding hydrogens is 247 g/mol. The maximum atomic E-state index is 12.6. The first-order valence-corrected chi connectivity index (χ1v) is 7.13. The summed E-state index contributed by atoms with van der Waals surface area (Å²) in [6, 6.07) is 11.4. The predicted molar refractivity (Wildman–Crippen MR) is 75.5 cm³/mol. The summed E-state index contributed by atoms with van der Waals surface area (Å²) >= 11 is 0. The molecule has 1 atom stereocenters. The molecule has 0 aliphatic rings. The highest BCUT2D eigenvalue weighted by molar-refractivity contribution is 7.73. The molecule has 1 unspecified atom stereocenters. The van der Waals surface area contributed by atoms with Crippen molar-refractivity contribution in [3.63, 3.8) is 0 Å². The second-order valence-electron chi connectivity index (χ2n) is 4.22. The van der Waals surface area contributed by atoms with Crippen LogP contribution in [0.3, 0.4) is 0 Å². The van der Waals surface area contributed by atoms with Crippen LogP contribution < -0.4 is 22.1 Å². The van der Waals surface area contributed by atoms with Gasteiger partial charge in [0.15, 0.2) is 0 Å². The van der Waals surface area contributed by atoms with Crippen LogP contribution in [0.15, 0.2) is 42.5 Å². The molecular formula is C13H15N2O2P. The average molecular weight is 262 g/mol. The van der Waals surface area contributed by atoms with Gasteiger partial charge in [-0.2, -0.15) is 0 Å². The number of rotatable bonds is 2. The van der Waals surface area contributed by atoms with E-state index in [0.717, 1.165) is 0 Å². The Morgan fingerprint density at radius 1 is 1.06 bits per heavy atom. The number of nitrogens with two attached hydrogens (primary N) is 2. The quantitative estimate of drug-likeness (QED) is 0.563. The third-order valence-corrected chi connectivity index (χ3v) is 4.90. The Labute approximate surface area is 106 Å². The van der Waals surface area contributed by atoms with Crippen LogP contribution >= 0.6 is 7.37 Å². The first-order valence-electron chi connectivity index (χ1n) is 5.47. The Balaban J connectivity index is 2.58. The number of aryl methyl sites for hydroxylation is 1. The zero-order valence-electron chi connectivity index (χ0n) is 10.00. The maximum absolute atomic E-state index is 12.6. The highest BCUT2D eigenvalue weighted by atomic mass is 31.2. The molecule has 4 nitrogen and oxygen atoms in total. The van der Waals surface area contributed by atoms with Crippen LogP contribution in [0.5, 0.6) is 0 Å². The number of benzene rings is 2. The van der Waals surface area contributed by atoms with Crippen LogP contribution in [-0.2, 0) is 4.57 Å². The Bertz CT molecular complexity index is 641. The van der Waals surface area contributed by atoms with E-state index in [9.17, 15) is 9.46 Å². The van der Waals surface area contributed by atoms with Crippen molar-refractivity contribution in [3.8, 4) is 0 Å².